The van der Waals surface area contributed by atoms with Gasteiger partial charge in [-0.1, -0.05) is 30.3 Å². The van der Waals surface area contributed by atoms with Crippen LogP contribution in [0, 0.1) is 18.7 Å². The first-order valence-corrected chi connectivity index (χ1v) is 13.7. The van der Waals surface area contributed by atoms with Crippen molar-refractivity contribution in [2.45, 2.75) is 45.2 Å². The van der Waals surface area contributed by atoms with E-state index in [1.54, 1.807) is 20.8 Å². The molecule has 3 N–H and O–H groups in total. The van der Waals surface area contributed by atoms with Crippen LogP contribution in [0.15, 0.2) is 70.1 Å². The molecule has 0 radical (unpaired) electrons. The van der Waals surface area contributed by atoms with Crippen molar-refractivity contribution in [3.63, 3.8) is 0 Å². The number of rotatable bonds is 11. The van der Waals surface area contributed by atoms with Crippen molar-refractivity contribution in [3.8, 4) is 0 Å². The molecule has 0 bridgehead atoms. The average molecular weight is 594 g/mol. The largest absolute Gasteiger partial charge is 0.463 e. The fourth-order valence-corrected chi connectivity index (χ4v) is 4.86. The number of carbonyl (C=O) groups is 4. The van der Waals surface area contributed by atoms with E-state index in [1.807, 2.05) is 0 Å². The molecule has 1 aliphatic rings. The van der Waals surface area contributed by atoms with Gasteiger partial charge in [-0.3, -0.25) is 19.2 Å². The van der Waals surface area contributed by atoms with Crippen LogP contribution in [-0.4, -0.2) is 52.1 Å². The molecule has 0 saturated carbocycles. The molecule has 0 spiro atoms. The van der Waals surface area contributed by atoms with Gasteiger partial charge in [0, 0.05) is 37.2 Å². The van der Waals surface area contributed by atoms with Crippen LogP contribution in [0.2, 0.25) is 0 Å². The summed E-state index contributed by atoms with van der Waals surface area (Å²) in [5.74, 6) is -3.09. The number of nitrogens with zero attached hydrogens (tertiary/aromatic N) is 2. The third-order valence-corrected chi connectivity index (χ3v) is 7.21. The molecule has 3 heterocycles. The maximum Gasteiger partial charge on any atom is 0.330 e. The smallest absolute Gasteiger partial charge is 0.330 e. The summed E-state index contributed by atoms with van der Waals surface area (Å²) < 4.78 is 24.6. The van der Waals surface area contributed by atoms with Crippen molar-refractivity contribution in [2.24, 2.45) is 5.92 Å². The maximum absolute atomic E-state index is 14.0. The highest BCUT2D eigenvalue weighted by Gasteiger charge is 2.48. The number of nitrogens with one attached hydrogen (secondary N) is 3. The number of benzene rings is 1. The van der Waals surface area contributed by atoms with Gasteiger partial charge >= 0.3 is 5.97 Å². The lowest BCUT2D eigenvalue weighted by atomic mass is 9.82. The summed E-state index contributed by atoms with van der Waals surface area (Å²) in [7, 11) is 0. The summed E-state index contributed by atoms with van der Waals surface area (Å²) >= 11 is 0. The van der Waals surface area contributed by atoms with Crippen LogP contribution in [-0.2, 0) is 25.5 Å². The molecule has 3 unspecified atom stereocenters. The number of carbonyl (C=O) groups excluding carboxylic acids is 4. The van der Waals surface area contributed by atoms with Crippen molar-refractivity contribution >= 4 is 29.4 Å². The summed E-state index contributed by atoms with van der Waals surface area (Å²) in [6.45, 7) is 5.42. The highest BCUT2D eigenvalue weighted by molar-refractivity contribution is 6.02. The van der Waals surface area contributed by atoms with Crippen LogP contribution in [0.1, 0.15) is 48.1 Å². The lowest BCUT2D eigenvalue weighted by Gasteiger charge is -2.34. The van der Waals surface area contributed by atoms with E-state index in [0.717, 1.165) is 4.57 Å². The minimum atomic E-state index is -1.43. The number of amides is 3. The molecule has 3 atom stereocenters. The van der Waals surface area contributed by atoms with Gasteiger partial charge in [-0.15, -0.1) is 0 Å². The second-order valence-electron chi connectivity index (χ2n) is 10.1. The molecule has 1 aliphatic heterocycles. The van der Waals surface area contributed by atoms with E-state index in [-0.39, 0.29) is 37.4 Å². The number of halogens is 1. The maximum atomic E-state index is 14.0. The number of anilines is 1. The minimum Gasteiger partial charge on any atom is -0.463 e. The zero-order valence-corrected chi connectivity index (χ0v) is 23.9. The van der Waals surface area contributed by atoms with E-state index in [1.165, 1.54) is 60.8 Å². The van der Waals surface area contributed by atoms with E-state index in [0.29, 0.717) is 11.3 Å². The average Bonchev–Trinajstić information content (AvgIpc) is 3.58. The zero-order valence-electron chi connectivity index (χ0n) is 23.9. The molecular weight excluding hydrogens is 561 g/mol. The molecule has 4 rings (SSSR count). The Kier molecular flexibility index (Phi) is 9.53. The van der Waals surface area contributed by atoms with Crippen molar-refractivity contribution in [2.75, 3.05) is 18.5 Å². The standard InChI is InChI=1S/C30H32FN5O7/c1-4-42-25(37)12-7-18(2)30(13-14-32-29(30)41)34-27(39)24(17-20-8-10-21(31)11-9-20)36-15-5-6-22(28(36)40)33-26(38)23-16-19(3)43-35-23/h5-12,15-16,18,24H,4,13-14,17H2,1-3H3,(H,32,41)(H,33,38)(H,34,39). The molecule has 226 valence electrons. The molecule has 13 heteroatoms. The third-order valence-electron chi connectivity index (χ3n) is 7.21. The van der Waals surface area contributed by atoms with Gasteiger partial charge < -0.3 is 29.8 Å². The third kappa shape index (κ3) is 7.05. The Morgan fingerprint density at radius 1 is 1.23 bits per heavy atom. The summed E-state index contributed by atoms with van der Waals surface area (Å²) in [6, 6.07) is 8.50. The lowest BCUT2D eigenvalue weighted by molar-refractivity contribution is -0.137. The van der Waals surface area contributed by atoms with Gasteiger partial charge in [-0.05, 0) is 50.1 Å². The van der Waals surface area contributed by atoms with Crippen molar-refractivity contribution in [1.82, 2.24) is 20.4 Å². The van der Waals surface area contributed by atoms with Crippen LogP contribution in [0.25, 0.3) is 0 Å². The molecule has 1 aromatic carbocycles. The van der Waals surface area contributed by atoms with Gasteiger partial charge in [0.1, 0.15) is 28.8 Å². The first-order valence-electron chi connectivity index (χ1n) is 13.7. The Bertz CT molecular complexity index is 1600. The fraction of sp³-hybridized carbons (Fsp3) is 0.333. The molecule has 43 heavy (non-hydrogen) atoms. The Labute approximate surface area is 246 Å². The minimum absolute atomic E-state index is 0.0352. The van der Waals surface area contributed by atoms with Crippen LogP contribution >= 0.6 is 0 Å². The molecule has 1 saturated heterocycles. The molecular formula is C30H32FN5O7. The second-order valence-corrected chi connectivity index (χ2v) is 10.1. The number of esters is 1. The lowest BCUT2D eigenvalue weighted by Crippen LogP contribution is -2.59. The molecule has 1 fully saturated rings. The number of ether oxygens (including phenoxy) is 1. The SMILES string of the molecule is CCOC(=O)C=CC(C)C1(NC(=O)C(Cc2ccc(F)cc2)n2cccc(NC(=O)c3cc(C)on3)c2=O)CCNC1=O. The highest BCUT2D eigenvalue weighted by atomic mass is 19.1. The zero-order chi connectivity index (χ0) is 31.1. The Morgan fingerprint density at radius 3 is 2.60 bits per heavy atom. The van der Waals surface area contributed by atoms with Gasteiger partial charge in [0.25, 0.3) is 11.5 Å². The van der Waals surface area contributed by atoms with Crippen molar-refractivity contribution in [3.05, 3.63) is 94.0 Å². The van der Waals surface area contributed by atoms with Gasteiger partial charge in [0.05, 0.1) is 6.61 Å². The van der Waals surface area contributed by atoms with Crippen LogP contribution in [0.5, 0.6) is 0 Å². The van der Waals surface area contributed by atoms with Gasteiger partial charge in [0.15, 0.2) is 5.69 Å². The quantitative estimate of drug-likeness (QED) is 0.226. The van der Waals surface area contributed by atoms with Crippen LogP contribution in [0.3, 0.4) is 0 Å². The molecule has 0 aliphatic carbocycles. The van der Waals surface area contributed by atoms with Crippen molar-refractivity contribution < 1.29 is 32.8 Å². The predicted molar refractivity (Wildman–Crippen MR) is 152 cm³/mol. The Hall–Kier alpha value is -5.07. The summed E-state index contributed by atoms with van der Waals surface area (Å²) in [4.78, 5) is 65.4. The number of hydrogen-bond acceptors (Lipinski definition) is 8. The highest BCUT2D eigenvalue weighted by Crippen LogP contribution is 2.29. The van der Waals surface area contributed by atoms with E-state index in [9.17, 15) is 28.4 Å². The molecule has 3 aromatic rings. The normalized spacial score (nSPS) is 17.7. The molecule has 2 aromatic heterocycles. The second kappa shape index (κ2) is 13.3. The number of aromatic nitrogens is 2. The number of pyridine rings is 1. The number of hydrogen-bond donors (Lipinski definition) is 3. The molecule has 12 nitrogen and oxygen atoms in total. The van der Waals surface area contributed by atoms with E-state index in [4.69, 9.17) is 9.26 Å². The van der Waals surface area contributed by atoms with E-state index < -0.39 is 52.6 Å². The Balaban J connectivity index is 1.69. The van der Waals surface area contributed by atoms with Gasteiger partial charge in [-0.25, -0.2) is 9.18 Å². The van der Waals surface area contributed by atoms with E-state index >= 15 is 0 Å². The van der Waals surface area contributed by atoms with Gasteiger partial charge in [-0.2, -0.15) is 0 Å². The first kappa shape index (κ1) is 30.9. The van der Waals surface area contributed by atoms with Crippen molar-refractivity contribution in [1.29, 1.82) is 0 Å². The van der Waals surface area contributed by atoms with Crippen LogP contribution < -0.4 is 21.5 Å². The topological polar surface area (TPSA) is 162 Å². The number of aryl methyl sites for hydroxylation is 1. The monoisotopic (exact) mass is 593 g/mol. The molecule has 3 amide bonds. The predicted octanol–water partition coefficient (Wildman–Crippen LogP) is 2.45. The summed E-state index contributed by atoms with van der Waals surface area (Å²) in [5, 5.41) is 11.7. The summed E-state index contributed by atoms with van der Waals surface area (Å²) in [6.07, 6.45) is 4.26. The summed E-state index contributed by atoms with van der Waals surface area (Å²) in [5.41, 5.74) is -1.74. The van der Waals surface area contributed by atoms with E-state index in [2.05, 4.69) is 21.1 Å². The van der Waals surface area contributed by atoms with Crippen LogP contribution in [0.4, 0.5) is 10.1 Å². The Morgan fingerprint density at radius 2 is 1.98 bits per heavy atom. The fourth-order valence-electron chi connectivity index (χ4n) is 4.86. The van der Waals surface area contributed by atoms with Gasteiger partial charge in [0.2, 0.25) is 11.8 Å². The first-order chi connectivity index (χ1) is 20.5.